The van der Waals surface area contributed by atoms with Crippen molar-refractivity contribution < 1.29 is 13.9 Å². The third-order valence-corrected chi connectivity index (χ3v) is 7.34. The van der Waals surface area contributed by atoms with Crippen LogP contribution >= 0.6 is 0 Å². The molecule has 1 aliphatic carbocycles. The second-order valence-electron chi connectivity index (χ2n) is 10.2. The number of hydrogen-bond acceptors (Lipinski definition) is 2. The van der Waals surface area contributed by atoms with Gasteiger partial charge in [0.05, 0.1) is 5.56 Å². The Bertz CT molecular complexity index is 1140. The smallest absolute Gasteiger partial charge is 0.338 e. The summed E-state index contributed by atoms with van der Waals surface area (Å²) in [6.07, 6.45) is 11.2. The van der Waals surface area contributed by atoms with Gasteiger partial charge in [-0.25, -0.2) is 9.18 Å². The van der Waals surface area contributed by atoms with Gasteiger partial charge in [-0.1, -0.05) is 93.4 Å². The van der Waals surface area contributed by atoms with E-state index in [4.69, 9.17) is 4.74 Å². The van der Waals surface area contributed by atoms with E-state index in [1.165, 1.54) is 18.4 Å². The summed E-state index contributed by atoms with van der Waals surface area (Å²) in [7, 11) is 0. The Morgan fingerprint density at radius 2 is 1.69 bits per heavy atom. The molecule has 1 atom stereocenters. The number of hydrogen-bond donors (Lipinski definition) is 0. The molecule has 0 spiro atoms. The largest absolute Gasteiger partial charge is 0.459 e. The monoisotopic (exact) mass is 484 g/mol. The zero-order chi connectivity index (χ0) is 25.3. The number of benzene rings is 3. The van der Waals surface area contributed by atoms with Crippen LogP contribution in [-0.4, -0.2) is 12.1 Å². The highest BCUT2D eigenvalue weighted by molar-refractivity contribution is 5.90. The minimum absolute atomic E-state index is 0.0341. The molecule has 0 saturated heterocycles. The maximum absolute atomic E-state index is 14.8. The Hall–Kier alpha value is -3.20. The van der Waals surface area contributed by atoms with Gasteiger partial charge in [-0.3, -0.25) is 0 Å². The van der Waals surface area contributed by atoms with Crippen LogP contribution in [0.5, 0.6) is 0 Å². The molecule has 0 heterocycles. The fraction of sp³-hybridized carbons (Fsp3) is 0.364. The average molecular weight is 485 g/mol. The lowest BCUT2D eigenvalue weighted by molar-refractivity contribution is 0.0161. The molecule has 3 heteroatoms. The minimum Gasteiger partial charge on any atom is -0.459 e. The first-order valence-electron chi connectivity index (χ1n) is 13.3. The zero-order valence-corrected chi connectivity index (χ0v) is 21.5. The normalized spacial score (nSPS) is 18.8. The Kier molecular flexibility index (Phi) is 9.11. The Labute approximate surface area is 215 Å². The molecule has 2 nitrogen and oxygen atoms in total. The highest BCUT2D eigenvalue weighted by Crippen LogP contribution is 2.30. The van der Waals surface area contributed by atoms with Gasteiger partial charge in [0.15, 0.2) is 0 Å². The predicted molar refractivity (Wildman–Crippen MR) is 146 cm³/mol. The molecule has 1 fully saturated rings. The van der Waals surface area contributed by atoms with E-state index >= 15 is 0 Å². The van der Waals surface area contributed by atoms with Gasteiger partial charge in [0.1, 0.15) is 11.9 Å². The topological polar surface area (TPSA) is 26.3 Å². The number of rotatable bonds is 9. The van der Waals surface area contributed by atoms with E-state index in [1.807, 2.05) is 48.5 Å². The molecule has 0 amide bonds. The first-order valence-corrected chi connectivity index (χ1v) is 13.3. The summed E-state index contributed by atoms with van der Waals surface area (Å²) < 4.78 is 20.5. The summed E-state index contributed by atoms with van der Waals surface area (Å²) in [4.78, 5) is 12.6. The van der Waals surface area contributed by atoms with Gasteiger partial charge in [-0.05, 0) is 78.8 Å². The maximum atomic E-state index is 14.8. The van der Waals surface area contributed by atoms with Gasteiger partial charge in [0, 0.05) is 5.56 Å². The summed E-state index contributed by atoms with van der Waals surface area (Å²) in [5.74, 6) is 0.636. The van der Waals surface area contributed by atoms with Gasteiger partial charge < -0.3 is 4.74 Å². The molecule has 0 aliphatic heterocycles. The van der Waals surface area contributed by atoms with Crippen molar-refractivity contribution in [3.63, 3.8) is 0 Å². The van der Waals surface area contributed by atoms with E-state index in [9.17, 15) is 9.18 Å². The van der Waals surface area contributed by atoms with Crippen LogP contribution in [0.3, 0.4) is 0 Å². The zero-order valence-electron chi connectivity index (χ0n) is 21.5. The lowest BCUT2D eigenvalue weighted by Gasteiger charge is -2.28. The number of esters is 1. The molecule has 0 N–H and O–H groups in total. The molecule has 3 aromatic carbocycles. The van der Waals surface area contributed by atoms with Crippen molar-refractivity contribution in [3.8, 4) is 0 Å². The number of halogens is 1. The lowest BCUT2D eigenvalue weighted by atomic mass is 9.85. The molecule has 0 aromatic heterocycles. The summed E-state index contributed by atoms with van der Waals surface area (Å²) >= 11 is 0. The number of carbonyl (C=O) groups excluding carboxylic acids is 1. The molecular weight excluding hydrogens is 447 g/mol. The predicted octanol–water partition coefficient (Wildman–Crippen LogP) is 8.86. The van der Waals surface area contributed by atoms with E-state index in [2.05, 4.69) is 26.0 Å². The number of ether oxygens (including phenoxy) is 1. The highest BCUT2D eigenvalue weighted by atomic mass is 19.1. The summed E-state index contributed by atoms with van der Waals surface area (Å²) in [6.45, 7) is 4.39. The van der Waals surface area contributed by atoms with Crippen LogP contribution in [0.25, 0.3) is 12.2 Å². The third-order valence-electron chi connectivity index (χ3n) is 7.34. The maximum Gasteiger partial charge on any atom is 0.338 e. The van der Waals surface area contributed by atoms with E-state index < -0.39 is 0 Å². The SMILES string of the molecule is CCCC1CCC(OC(=O)c2ccc(C=Cc3ccc(C[C@H](C)c4ccccc4)cc3F)cc2)CC1. The Morgan fingerprint density at radius 3 is 2.36 bits per heavy atom. The molecule has 4 rings (SSSR count). The average Bonchev–Trinajstić information content (AvgIpc) is 2.90. The van der Waals surface area contributed by atoms with Crippen LogP contribution in [0, 0.1) is 11.7 Å². The van der Waals surface area contributed by atoms with Crippen LogP contribution in [0.15, 0.2) is 72.8 Å². The van der Waals surface area contributed by atoms with E-state index in [0.717, 1.165) is 49.1 Å². The molecule has 1 aliphatic rings. The molecule has 3 aromatic rings. The molecule has 1 saturated carbocycles. The number of carbonyl (C=O) groups is 1. The van der Waals surface area contributed by atoms with Crippen molar-refractivity contribution in [3.05, 3.63) is 106 Å². The second-order valence-corrected chi connectivity index (χ2v) is 10.2. The van der Waals surface area contributed by atoms with Crippen molar-refractivity contribution in [1.29, 1.82) is 0 Å². The molecular formula is C33H37FO2. The van der Waals surface area contributed by atoms with E-state index in [1.54, 1.807) is 24.3 Å². The first kappa shape index (κ1) is 25.9. The van der Waals surface area contributed by atoms with Crippen molar-refractivity contribution in [2.24, 2.45) is 5.92 Å². The van der Waals surface area contributed by atoms with Crippen LogP contribution in [0.1, 0.15) is 90.9 Å². The van der Waals surface area contributed by atoms with Crippen molar-refractivity contribution >= 4 is 18.1 Å². The van der Waals surface area contributed by atoms with Gasteiger partial charge in [-0.2, -0.15) is 0 Å². The fourth-order valence-electron chi connectivity index (χ4n) is 5.17. The van der Waals surface area contributed by atoms with Gasteiger partial charge in [0.25, 0.3) is 0 Å². The van der Waals surface area contributed by atoms with E-state index in [-0.39, 0.29) is 17.9 Å². The van der Waals surface area contributed by atoms with Gasteiger partial charge in [-0.15, -0.1) is 0 Å². The quantitative estimate of drug-likeness (QED) is 0.224. The molecule has 188 valence electrons. The standard InChI is InChI=1S/C33H37FO2/c1-3-7-25-14-20-31(21-15-25)36-33(35)30-18-11-26(12-19-30)10-16-29-17-13-27(23-32(29)34)22-24(2)28-8-5-4-6-9-28/h4-6,8-13,16-19,23-25,31H,3,7,14-15,20-22H2,1-2H3/t24-,25?,31?/m0/s1. The summed E-state index contributed by atoms with van der Waals surface area (Å²) in [6, 6.07) is 23.1. The molecule has 0 radical (unpaired) electrons. The molecule has 0 bridgehead atoms. The van der Waals surface area contributed by atoms with Crippen molar-refractivity contribution in [2.45, 2.75) is 70.8 Å². The first-order chi connectivity index (χ1) is 17.5. The second kappa shape index (κ2) is 12.7. The lowest BCUT2D eigenvalue weighted by Crippen LogP contribution is -2.24. The van der Waals surface area contributed by atoms with Crippen LogP contribution in [0.2, 0.25) is 0 Å². The summed E-state index contributed by atoms with van der Waals surface area (Å²) in [5, 5.41) is 0. The minimum atomic E-state index is -0.254. The molecule has 0 unspecified atom stereocenters. The van der Waals surface area contributed by atoms with Crippen LogP contribution in [0.4, 0.5) is 4.39 Å². The Balaban J connectivity index is 1.31. The van der Waals surface area contributed by atoms with Gasteiger partial charge in [0.2, 0.25) is 0 Å². The van der Waals surface area contributed by atoms with Crippen molar-refractivity contribution in [2.75, 3.05) is 0 Å². The van der Waals surface area contributed by atoms with Crippen LogP contribution < -0.4 is 0 Å². The summed E-state index contributed by atoms with van der Waals surface area (Å²) in [5.41, 5.74) is 4.27. The van der Waals surface area contributed by atoms with Crippen molar-refractivity contribution in [1.82, 2.24) is 0 Å². The van der Waals surface area contributed by atoms with E-state index in [0.29, 0.717) is 17.0 Å². The highest BCUT2D eigenvalue weighted by Gasteiger charge is 2.23. The Morgan fingerprint density at radius 1 is 0.972 bits per heavy atom. The third kappa shape index (κ3) is 7.16. The molecule has 36 heavy (non-hydrogen) atoms. The fourth-order valence-corrected chi connectivity index (χ4v) is 5.17. The van der Waals surface area contributed by atoms with Crippen LogP contribution in [-0.2, 0) is 11.2 Å². The van der Waals surface area contributed by atoms with Gasteiger partial charge >= 0.3 is 5.97 Å².